The van der Waals surface area contributed by atoms with Crippen LogP contribution < -0.4 is 10.4 Å². The van der Waals surface area contributed by atoms with Crippen LogP contribution in [0.15, 0.2) is 57.9 Å². The van der Waals surface area contributed by atoms with Gasteiger partial charge in [0, 0.05) is 29.8 Å². The lowest BCUT2D eigenvalue weighted by atomic mass is 10.2. The first-order chi connectivity index (χ1) is 10.4. The summed E-state index contributed by atoms with van der Waals surface area (Å²) in [4.78, 5) is 14.8. The number of hydrogen-bond acceptors (Lipinski definition) is 4. The number of fused-ring (bicyclic) bond motifs is 1. The fourth-order valence-electron chi connectivity index (χ4n) is 1.83. The van der Waals surface area contributed by atoms with Crippen molar-refractivity contribution in [1.82, 2.24) is 4.98 Å². The Kier molecular flexibility index (Phi) is 3.32. The van der Waals surface area contributed by atoms with E-state index >= 15 is 0 Å². The highest BCUT2D eigenvalue weighted by molar-refractivity contribution is 5.77. The Hall–Kier alpha value is -2.83. The summed E-state index contributed by atoms with van der Waals surface area (Å²) in [6, 6.07) is 9.62. The Balaban J connectivity index is 1.88. The second-order valence-corrected chi connectivity index (χ2v) is 4.44. The van der Waals surface area contributed by atoms with E-state index in [4.69, 9.17) is 9.15 Å². The maximum atomic E-state index is 12.4. The maximum absolute atomic E-state index is 12.4. The number of halogens is 3. The third-order valence-corrected chi connectivity index (χ3v) is 2.88. The summed E-state index contributed by atoms with van der Waals surface area (Å²) in [6.07, 6.45) is -3.76. The molecule has 0 spiro atoms. The van der Waals surface area contributed by atoms with Crippen LogP contribution in [0.5, 0.6) is 11.6 Å². The molecule has 0 unspecified atom stereocenters. The Labute approximate surface area is 121 Å². The van der Waals surface area contributed by atoms with Gasteiger partial charge in [-0.1, -0.05) is 0 Å². The zero-order valence-electron chi connectivity index (χ0n) is 10.9. The zero-order valence-corrected chi connectivity index (χ0v) is 10.9. The highest BCUT2D eigenvalue weighted by Crippen LogP contribution is 2.30. The molecular formula is C15H8F3NO3. The van der Waals surface area contributed by atoms with Crippen LogP contribution in [0.3, 0.4) is 0 Å². The van der Waals surface area contributed by atoms with Gasteiger partial charge in [-0.2, -0.15) is 13.2 Å². The number of nitrogens with zero attached hydrogens (tertiary/aromatic N) is 1. The molecule has 0 atom stereocenters. The van der Waals surface area contributed by atoms with Gasteiger partial charge in [0.05, 0.1) is 5.56 Å². The van der Waals surface area contributed by atoms with Crippen LogP contribution in [0.4, 0.5) is 13.2 Å². The molecule has 2 heterocycles. The minimum atomic E-state index is -4.45. The molecule has 0 radical (unpaired) electrons. The number of alkyl halides is 3. The molecule has 7 heteroatoms. The van der Waals surface area contributed by atoms with Gasteiger partial charge in [0.15, 0.2) is 0 Å². The highest BCUT2D eigenvalue weighted by Gasteiger charge is 2.30. The summed E-state index contributed by atoms with van der Waals surface area (Å²) in [5.74, 6) is 0.305. The van der Waals surface area contributed by atoms with Crippen molar-refractivity contribution in [3.63, 3.8) is 0 Å². The van der Waals surface area contributed by atoms with Gasteiger partial charge >= 0.3 is 11.8 Å². The van der Waals surface area contributed by atoms with E-state index in [1.54, 1.807) is 18.2 Å². The molecule has 0 saturated heterocycles. The molecule has 0 amide bonds. The monoisotopic (exact) mass is 307 g/mol. The van der Waals surface area contributed by atoms with Crippen LogP contribution in [0.1, 0.15) is 5.56 Å². The largest absolute Gasteiger partial charge is 0.439 e. The molecule has 0 aliphatic heterocycles. The molecule has 112 valence electrons. The third kappa shape index (κ3) is 2.93. The van der Waals surface area contributed by atoms with E-state index < -0.39 is 17.4 Å². The molecule has 2 aromatic heterocycles. The summed E-state index contributed by atoms with van der Waals surface area (Å²) < 4.78 is 47.7. The van der Waals surface area contributed by atoms with Gasteiger partial charge in [0.1, 0.15) is 11.3 Å². The number of benzene rings is 1. The van der Waals surface area contributed by atoms with Crippen molar-refractivity contribution in [1.29, 1.82) is 0 Å². The van der Waals surface area contributed by atoms with E-state index in [0.29, 0.717) is 22.9 Å². The SMILES string of the molecule is O=c1ccc2ccc(Oc3ccc(C(F)(F)F)cn3)cc2o1. The first kappa shape index (κ1) is 14.1. The number of rotatable bonds is 2. The standard InChI is InChI=1S/C15H8F3NO3/c16-15(17,18)10-3-5-13(19-8-10)21-11-4-1-9-2-6-14(20)22-12(9)7-11/h1-8H. The average molecular weight is 307 g/mol. The molecular weight excluding hydrogens is 299 g/mol. The topological polar surface area (TPSA) is 52.3 Å². The number of ether oxygens (including phenoxy) is 1. The molecule has 0 aliphatic rings. The summed E-state index contributed by atoms with van der Waals surface area (Å²) in [6.45, 7) is 0. The van der Waals surface area contributed by atoms with Crippen LogP contribution >= 0.6 is 0 Å². The van der Waals surface area contributed by atoms with E-state index in [1.165, 1.54) is 12.1 Å². The Morgan fingerprint density at radius 2 is 1.82 bits per heavy atom. The number of aromatic nitrogens is 1. The van der Waals surface area contributed by atoms with Crippen LogP contribution in [0.25, 0.3) is 11.0 Å². The summed E-state index contributed by atoms with van der Waals surface area (Å²) >= 11 is 0. The predicted octanol–water partition coefficient (Wildman–Crippen LogP) is 4.00. The Bertz CT molecular complexity index is 870. The van der Waals surface area contributed by atoms with Gasteiger partial charge in [-0.3, -0.25) is 0 Å². The van der Waals surface area contributed by atoms with E-state index in [0.717, 1.165) is 12.1 Å². The lowest BCUT2D eigenvalue weighted by molar-refractivity contribution is -0.137. The second-order valence-electron chi connectivity index (χ2n) is 4.44. The van der Waals surface area contributed by atoms with Gasteiger partial charge < -0.3 is 9.15 Å². The number of pyridine rings is 1. The van der Waals surface area contributed by atoms with Crippen molar-refractivity contribution in [2.75, 3.05) is 0 Å². The lowest BCUT2D eigenvalue weighted by Gasteiger charge is -2.08. The van der Waals surface area contributed by atoms with Crippen LogP contribution in [0.2, 0.25) is 0 Å². The molecule has 0 aliphatic carbocycles. The van der Waals surface area contributed by atoms with Crippen molar-refractivity contribution in [3.8, 4) is 11.6 Å². The fraction of sp³-hybridized carbons (Fsp3) is 0.0667. The van der Waals surface area contributed by atoms with Crippen LogP contribution in [-0.4, -0.2) is 4.98 Å². The number of hydrogen-bond donors (Lipinski definition) is 0. The minimum Gasteiger partial charge on any atom is -0.439 e. The van der Waals surface area contributed by atoms with Crippen molar-refractivity contribution in [2.24, 2.45) is 0 Å². The van der Waals surface area contributed by atoms with Gasteiger partial charge in [-0.05, 0) is 24.3 Å². The predicted molar refractivity (Wildman–Crippen MR) is 71.8 cm³/mol. The molecule has 3 aromatic rings. The van der Waals surface area contributed by atoms with Gasteiger partial charge in [0.25, 0.3) is 0 Å². The van der Waals surface area contributed by atoms with Gasteiger partial charge in [-0.25, -0.2) is 9.78 Å². The first-order valence-corrected chi connectivity index (χ1v) is 6.17. The molecule has 0 N–H and O–H groups in total. The van der Waals surface area contributed by atoms with Crippen LogP contribution in [0, 0.1) is 0 Å². The van der Waals surface area contributed by atoms with E-state index in [9.17, 15) is 18.0 Å². The van der Waals surface area contributed by atoms with E-state index in [2.05, 4.69) is 4.98 Å². The van der Waals surface area contributed by atoms with Crippen molar-refractivity contribution in [3.05, 3.63) is 64.6 Å². The maximum Gasteiger partial charge on any atom is 0.417 e. The lowest BCUT2D eigenvalue weighted by Crippen LogP contribution is -2.05. The smallest absolute Gasteiger partial charge is 0.417 e. The first-order valence-electron chi connectivity index (χ1n) is 6.17. The molecule has 22 heavy (non-hydrogen) atoms. The Morgan fingerprint density at radius 1 is 1.05 bits per heavy atom. The summed E-state index contributed by atoms with van der Waals surface area (Å²) in [5, 5.41) is 0.701. The second kappa shape index (κ2) is 5.18. The molecule has 0 fully saturated rings. The quantitative estimate of drug-likeness (QED) is 0.672. The van der Waals surface area contributed by atoms with Gasteiger partial charge in [-0.15, -0.1) is 0 Å². The Morgan fingerprint density at radius 3 is 2.50 bits per heavy atom. The van der Waals surface area contributed by atoms with Crippen LogP contribution in [-0.2, 0) is 6.18 Å². The molecule has 1 aromatic carbocycles. The average Bonchev–Trinajstić information content (AvgIpc) is 2.46. The molecule has 0 bridgehead atoms. The summed E-state index contributed by atoms with van der Waals surface area (Å²) in [7, 11) is 0. The minimum absolute atomic E-state index is 0.00521. The van der Waals surface area contributed by atoms with E-state index in [1.807, 2.05) is 0 Å². The van der Waals surface area contributed by atoms with Crippen molar-refractivity contribution < 1.29 is 22.3 Å². The third-order valence-electron chi connectivity index (χ3n) is 2.88. The molecule has 0 saturated carbocycles. The van der Waals surface area contributed by atoms with Gasteiger partial charge in [0.2, 0.25) is 5.88 Å². The van der Waals surface area contributed by atoms with E-state index in [-0.39, 0.29) is 5.88 Å². The fourth-order valence-corrected chi connectivity index (χ4v) is 1.83. The zero-order chi connectivity index (χ0) is 15.7. The van der Waals surface area contributed by atoms with Crippen molar-refractivity contribution >= 4 is 11.0 Å². The summed E-state index contributed by atoms with van der Waals surface area (Å²) in [5.41, 5.74) is -1.04. The highest BCUT2D eigenvalue weighted by atomic mass is 19.4. The van der Waals surface area contributed by atoms with Crippen molar-refractivity contribution in [2.45, 2.75) is 6.18 Å². The molecule has 4 nitrogen and oxygen atoms in total. The molecule has 3 rings (SSSR count). The normalized spacial score (nSPS) is 11.6.